The number of fused-ring (bicyclic) bond motifs is 2. The summed E-state index contributed by atoms with van der Waals surface area (Å²) >= 11 is 0. The normalized spacial score (nSPS) is 24.8. The number of nitrogens with one attached hydrogen (secondary N) is 3. The summed E-state index contributed by atoms with van der Waals surface area (Å²) in [6.07, 6.45) is 4.49. The van der Waals surface area contributed by atoms with Crippen LogP contribution in [0.4, 0.5) is 0 Å². The maximum absolute atomic E-state index is 12.5. The van der Waals surface area contributed by atoms with Crippen molar-refractivity contribution in [1.29, 1.82) is 0 Å². The van der Waals surface area contributed by atoms with Crippen LogP contribution in [0.3, 0.4) is 0 Å². The second-order valence-corrected chi connectivity index (χ2v) is 7.12. The Morgan fingerprint density at radius 3 is 2.56 bits per heavy atom. The number of piperidine rings is 1. The lowest BCUT2D eigenvalue weighted by Gasteiger charge is -2.29. The first-order valence-corrected chi connectivity index (χ1v) is 8.64. The molecule has 0 saturated carbocycles. The lowest BCUT2D eigenvalue weighted by molar-refractivity contribution is 0.0919. The number of hydrogen-bond acceptors (Lipinski definition) is 4. The Morgan fingerprint density at radius 2 is 1.96 bits per heavy atom. The smallest absolute Gasteiger partial charge is 0.269 e. The second kappa shape index (κ2) is 6.80. The molecule has 2 aliphatic rings. The van der Waals surface area contributed by atoms with Gasteiger partial charge < -0.3 is 10.6 Å². The van der Waals surface area contributed by atoms with Gasteiger partial charge in [0.2, 0.25) is 0 Å². The summed E-state index contributed by atoms with van der Waals surface area (Å²) < 4.78 is 1.84. The quantitative estimate of drug-likeness (QED) is 0.775. The van der Waals surface area contributed by atoms with Crippen LogP contribution in [0.25, 0.3) is 11.3 Å². The van der Waals surface area contributed by atoms with E-state index in [-0.39, 0.29) is 24.4 Å². The molecular weight excluding hydrogens is 340 g/mol. The molecule has 2 aromatic rings. The summed E-state index contributed by atoms with van der Waals surface area (Å²) in [4.78, 5) is 12.5. The van der Waals surface area contributed by atoms with E-state index in [1.807, 2.05) is 31.6 Å². The highest BCUT2D eigenvalue weighted by Crippen LogP contribution is 2.28. The molecule has 25 heavy (non-hydrogen) atoms. The van der Waals surface area contributed by atoms with Gasteiger partial charge in [0.15, 0.2) is 0 Å². The molecule has 4 rings (SSSR count). The van der Waals surface area contributed by atoms with Crippen LogP contribution in [0.15, 0.2) is 6.07 Å². The number of H-pyrrole nitrogens is 1. The van der Waals surface area contributed by atoms with Crippen LogP contribution in [-0.2, 0) is 7.05 Å². The monoisotopic (exact) mass is 364 g/mol. The Balaban J connectivity index is 0.00000182. The molecule has 2 unspecified atom stereocenters. The summed E-state index contributed by atoms with van der Waals surface area (Å²) in [6.45, 7) is 3.97. The van der Waals surface area contributed by atoms with Crippen molar-refractivity contribution in [2.45, 2.75) is 57.7 Å². The zero-order valence-electron chi connectivity index (χ0n) is 14.8. The van der Waals surface area contributed by atoms with Gasteiger partial charge in [-0.3, -0.25) is 14.6 Å². The Kier molecular flexibility index (Phi) is 4.88. The number of aromatic amines is 1. The highest BCUT2D eigenvalue weighted by molar-refractivity contribution is 5.93. The lowest BCUT2D eigenvalue weighted by atomic mass is 10.00. The van der Waals surface area contributed by atoms with Crippen LogP contribution in [0.1, 0.15) is 47.6 Å². The topological polar surface area (TPSA) is 87.6 Å². The number of aromatic nitrogens is 4. The van der Waals surface area contributed by atoms with Crippen molar-refractivity contribution in [3.8, 4) is 11.3 Å². The number of nitrogens with zero attached hydrogens (tertiary/aromatic N) is 3. The van der Waals surface area contributed by atoms with E-state index in [2.05, 4.69) is 25.9 Å². The highest BCUT2D eigenvalue weighted by atomic mass is 35.5. The summed E-state index contributed by atoms with van der Waals surface area (Å²) in [6, 6.07) is 3.20. The molecule has 0 aromatic carbocycles. The first-order valence-electron chi connectivity index (χ1n) is 8.64. The third-order valence-corrected chi connectivity index (χ3v) is 5.40. The fourth-order valence-electron chi connectivity index (χ4n) is 4.15. The van der Waals surface area contributed by atoms with Gasteiger partial charge in [-0.1, -0.05) is 0 Å². The minimum atomic E-state index is -0.0701. The highest BCUT2D eigenvalue weighted by Gasteiger charge is 2.34. The van der Waals surface area contributed by atoms with E-state index in [0.717, 1.165) is 35.5 Å². The van der Waals surface area contributed by atoms with Crippen molar-refractivity contribution >= 4 is 18.3 Å². The lowest BCUT2D eigenvalue weighted by Crippen LogP contribution is -2.48. The van der Waals surface area contributed by atoms with Crippen molar-refractivity contribution < 1.29 is 4.79 Å². The van der Waals surface area contributed by atoms with Gasteiger partial charge in [-0.05, 0) is 45.6 Å². The van der Waals surface area contributed by atoms with E-state index in [0.29, 0.717) is 17.8 Å². The van der Waals surface area contributed by atoms with Crippen molar-refractivity contribution in [2.75, 3.05) is 0 Å². The largest absolute Gasteiger partial charge is 0.348 e. The predicted molar refractivity (Wildman–Crippen MR) is 97.9 cm³/mol. The molecule has 0 spiro atoms. The van der Waals surface area contributed by atoms with Crippen molar-refractivity contribution in [2.24, 2.45) is 7.05 Å². The van der Waals surface area contributed by atoms with Crippen LogP contribution in [0.2, 0.25) is 0 Å². The number of halogens is 1. The van der Waals surface area contributed by atoms with Gasteiger partial charge in [-0.2, -0.15) is 10.2 Å². The summed E-state index contributed by atoms with van der Waals surface area (Å²) in [7, 11) is 1.91. The van der Waals surface area contributed by atoms with Crippen LogP contribution in [0.5, 0.6) is 0 Å². The third-order valence-electron chi connectivity index (χ3n) is 5.40. The van der Waals surface area contributed by atoms with Crippen LogP contribution >= 0.6 is 12.4 Å². The van der Waals surface area contributed by atoms with E-state index in [1.54, 1.807) is 0 Å². The van der Waals surface area contributed by atoms with E-state index in [1.165, 1.54) is 12.8 Å². The average molecular weight is 365 g/mol. The van der Waals surface area contributed by atoms with Crippen LogP contribution in [-0.4, -0.2) is 44.0 Å². The first-order chi connectivity index (χ1) is 11.5. The standard InChI is InChI=1S/C17H24N6O.ClH/c1-9-16(10(2)23(3)22-9)14-8-15(21-20-14)17(24)19-13-6-11-4-5-12(7-13)18-11;/h8,11-13,18H,4-7H2,1-3H3,(H,19,24)(H,20,21);1H. The van der Waals surface area contributed by atoms with Gasteiger partial charge in [0, 0.05) is 36.4 Å². The molecule has 0 radical (unpaired) electrons. The molecule has 8 heteroatoms. The molecule has 2 bridgehead atoms. The number of hydrogen-bond donors (Lipinski definition) is 3. The molecule has 7 nitrogen and oxygen atoms in total. The molecule has 1 amide bonds. The zero-order valence-corrected chi connectivity index (χ0v) is 15.6. The van der Waals surface area contributed by atoms with Gasteiger partial charge in [0.05, 0.1) is 11.4 Å². The minimum Gasteiger partial charge on any atom is -0.348 e. The van der Waals surface area contributed by atoms with E-state index >= 15 is 0 Å². The molecule has 136 valence electrons. The molecule has 4 heterocycles. The first kappa shape index (κ1) is 17.9. The van der Waals surface area contributed by atoms with Gasteiger partial charge in [-0.25, -0.2) is 0 Å². The predicted octanol–water partition coefficient (Wildman–Crippen LogP) is 1.86. The van der Waals surface area contributed by atoms with Crippen molar-refractivity contribution in [3.05, 3.63) is 23.1 Å². The molecule has 2 fully saturated rings. The Labute approximate surface area is 153 Å². The molecule has 2 aliphatic heterocycles. The summed E-state index contributed by atoms with van der Waals surface area (Å²) in [5.41, 5.74) is 4.24. The number of carbonyl (C=O) groups is 1. The fraction of sp³-hybridized carbons (Fsp3) is 0.588. The molecule has 2 aromatic heterocycles. The van der Waals surface area contributed by atoms with E-state index in [9.17, 15) is 4.79 Å². The Hall–Kier alpha value is -1.86. The van der Waals surface area contributed by atoms with E-state index < -0.39 is 0 Å². The van der Waals surface area contributed by atoms with Gasteiger partial charge >= 0.3 is 0 Å². The SMILES string of the molecule is Cc1nn(C)c(C)c1-c1cc(C(=O)NC2CC3CCC(C2)N3)[nH]n1.Cl. The Bertz CT molecular complexity index is 770. The molecule has 2 atom stereocenters. The van der Waals surface area contributed by atoms with Crippen molar-refractivity contribution in [3.63, 3.8) is 0 Å². The summed E-state index contributed by atoms with van der Waals surface area (Å²) in [5, 5.41) is 18.4. The fourth-order valence-corrected chi connectivity index (χ4v) is 4.15. The van der Waals surface area contributed by atoms with Gasteiger partial charge in [0.1, 0.15) is 5.69 Å². The molecule has 0 aliphatic carbocycles. The molecule has 3 N–H and O–H groups in total. The maximum Gasteiger partial charge on any atom is 0.269 e. The number of rotatable bonds is 3. The van der Waals surface area contributed by atoms with E-state index in [4.69, 9.17) is 0 Å². The zero-order chi connectivity index (χ0) is 16.8. The van der Waals surface area contributed by atoms with Crippen LogP contribution in [0, 0.1) is 13.8 Å². The third kappa shape index (κ3) is 3.30. The molecule has 2 saturated heterocycles. The number of aryl methyl sites for hydroxylation is 2. The average Bonchev–Trinajstić information content (AvgIpc) is 3.20. The maximum atomic E-state index is 12.5. The summed E-state index contributed by atoms with van der Waals surface area (Å²) in [5.74, 6) is -0.0701. The number of amides is 1. The van der Waals surface area contributed by atoms with Crippen LogP contribution < -0.4 is 10.6 Å². The Morgan fingerprint density at radius 1 is 1.28 bits per heavy atom. The molecular formula is C17H25ClN6O. The van der Waals surface area contributed by atoms with Gasteiger partial charge in [0.25, 0.3) is 5.91 Å². The number of carbonyl (C=O) groups excluding carboxylic acids is 1. The second-order valence-electron chi connectivity index (χ2n) is 7.12. The van der Waals surface area contributed by atoms with Gasteiger partial charge in [-0.15, -0.1) is 12.4 Å². The van der Waals surface area contributed by atoms with Crippen molar-refractivity contribution in [1.82, 2.24) is 30.6 Å². The minimum absolute atomic E-state index is 0.